The third-order valence-corrected chi connectivity index (χ3v) is 3.33. The summed E-state index contributed by atoms with van der Waals surface area (Å²) in [6, 6.07) is 11.7. The maximum atomic E-state index is 5.82. The van der Waals surface area contributed by atoms with Crippen LogP contribution < -0.4 is 5.73 Å². The van der Waals surface area contributed by atoms with Crippen molar-refractivity contribution in [3.8, 4) is 22.8 Å². The van der Waals surface area contributed by atoms with Gasteiger partial charge in [-0.3, -0.25) is 0 Å². The van der Waals surface area contributed by atoms with Crippen LogP contribution in [0.3, 0.4) is 0 Å². The largest absolute Gasteiger partial charge is 0.383 e. The number of nitrogens with two attached hydrogens (primary N) is 1. The van der Waals surface area contributed by atoms with Crippen molar-refractivity contribution in [2.45, 2.75) is 19.8 Å². The van der Waals surface area contributed by atoms with Crippen molar-refractivity contribution in [3.05, 3.63) is 48.2 Å². The fourth-order valence-corrected chi connectivity index (χ4v) is 2.07. The summed E-state index contributed by atoms with van der Waals surface area (Å²) in [6.45, 7) is 4.32. The van der Waals surface area contributed by atoms with Gasteiger partial charge in [-0.15, -0.1) is 0 Å². The summed E-state index contributed by atoms with van der Waals surface area (Å²) >= 11 is 0. The van der Waals surface area contributed by atoms with Gasteiger partial charge in [0.25, 0.3) is 5.89 Å². The molecule has 1 aromatic carbocycles. The van der Waals surface area contributed by atoms with Crippen molar-refractivity contribution in [2.75, 3.05) is 5.73 Å². The normalized spacial score (nSPS) is 11.0. The Morgan fingerprint density at radius 2 is 1.86 bits per heavy atom. The average Bonchev–Trinajstić information content (AvgIpc) is 2.97. The summed E-state index contributed by atoms with van der Waals surface area (Å²) < 4.78 is 5.32. The number of anilines is 1. The van der Waals surface area contributed by atoms with Crippen LogP contribution in [0.5, 0.6) is 0 Å². The number of aromatic nitrogens is 3. The van der Waals surface area contributed by atoms with Crippen molar-refractivity contribution in [1.29, 1.82) is 0 Å². The van der Waals surface area contributed by atoms with Crippen LogP contribution in [0, 0.1) is 0 Å². The fourth-order valence-electron chi connectivity index (χ4n) is 2.07. The van der Waals surface area contributed by atoms with Crippen LogP contribution in [0.2, 0.25) is 0 Å². The van der Waals surface area contributed by atoms with Gasteiger partial charge in [-0.25, -0.2) is 4.98 Å². The Morgan fingerprint density at radius 1 is 1.10 bits per heavy atom. The first-order valence-corrected chi connectivity index (χ1v) is 6.80. The lowest BCUT2D eigenvalue weighted by Crippen LogP contribution is -1.94. The van der Waals surface area contributed by atoms with Gasteiger partial charge in [-0.2, -0.15) is 4.98 Å². The second-order valence-electron chi connectivity index (χ2n) is 5.14. The van der Waals surface area contributed by atoms with Gasteiger partial charge in [-0.05, 0) is 35.7 Å². The van der Waals surface area contributed by atoms with E-state index < -0.39 is 0 Å². The minimum Gasteiger partial charge on any atom is -0.383 e. The van der Waals surface area contributed by atoms with Crippen LogP contribution in [0.15, 0.2) is 47.1 Å². The Hall–Kier alpha value is -2.69. The van der Waals surface area contributed by atoms with Crippen molar-refractivity contribution in [2.24, 2.45) is 0 Å². The molecule has 0 atom stereocenters. The van der Waals surface area contributed by atoms with Crippen molar-refractivity contribution in [3.63, 3.8) is 0 Å². The van der Waals surface area contributed by atoms with E-state index in [-0.39, 0.29) is 0 Å². The molecule has 3 rings (SSSR count). The Morgan fingerprint density at radius 3 is 2.52 bits per heavy atom. The van der Waals surface area contributed by atoms with Crippen LogP contribution in [-0.4, -0.2) is 15.1 Å². The zero-order chi connectivity index (χ0) is 14.8. The zero-order valence-corrected chi connectivity index (χ0v) is 11.9. The molecule has 3 aromatic rings. The maximum absolute atomic E-state index is 5.82. The number of hydrogen-bond acceptors (Lipinski definition) is 5. The van der Waals surface area contributed by atoms with E-state index >= 15 is 0 Å². The lowest BCUT2D eigenvalue weighted by Gasteiger charge is -2.04. The summed E-state index contributed by atoms with van der Waals surface area (Å²) in [4.78, 5) is 8.41. The lowest BCUT2D eigenvalue weighted by atomic mass is 10.0. The van der Waals surface area contributed by atoms with Crippen LogP contribution in [0.4, 0.5) is 5.82 Å². The van der Waals surface area contributed by atoms with E-state index in [9.17, 15) is 0 Å². The molecule has 0 radical (unpaired) electrons. The molecule has 0 fully saturated rings. The molecule has 0 bridgehead atoms. The molecular formula is C16H16N4O. The van der Waals surface area contributed by atoms with E-state index in [0.717, 1.165) is 5.56 Å². The Bertz CT molecular complexity index is 747. The third kappa shape index (κ3) is 2.63. The molecule has 5 nitrogen and oxygen atoms in total. The predicted octanol–water partition coefficient (Wildman–Crippen LogP) is 3.50. The van der Waals surface area contributed by atoms with Gasteiger partial charge in [0.1, 0.15) is 5.82 Å². The third-order valence-electron chi connectivity index (χ3n) is 3.33. The van der Waals surface area contributed by atoms with Crippen LogP contribution >= 0.6 is 0 Å². The Kier molecular flexibility index (Phi) is 3.39. The van der Waals surface area contributed by atoms with E-state index in [0.29, 0.717) is 29.0 Å². The summed E-state index contributed by atoms with van der Waals surface area (Å²) in [6.07, 6.45) is 1.63. The van der Waals surface area contributed by atoms with Gasteiger partial charge in [0.2, 0.25) is 5.82 Å². The molecule has 0 saturated carbocycles. The number of rotatable bonds is 3. The van der Waals surface area contributed by atoms with Crippen molar-refractivity contribution >= 4 is 5.82 Å². The minimum absolute atomic E-state index is 0.389. The highest BCUT2D eigenvalue weighted by Crippen LogP contribution is 2.25. The molecule has 0 spiro atoms. The molecule has 0 aliphatic carbocycles. The molecule has 0 aliphatic rings. The number of pyridine rings is 1. The molecule has 5 heteroatoms. The highest BCUT2D eigenvalue weighted by atomic mass is 16.5. The summed E-state index contributed by atoms with van der Waals surface area (Å²) in [5, 5.41) is 3.98. The fraction of sp³-hybridized carbons (Fsp3) is 0.188. The molecule has 2 N–H and O–H groups in total. The second kappa shape index (κ2) is 5.36. The first-order chi connectivity index (χ1) is 10.1. The number of hydrogen-bond donors (Lipinski definition) is 1. The average molecular weight is 280 g/mol. The molecule has 21 heavy (non-hydrogen) atoms. The minimum atomic E-state index is 0.389. The van der Waals surface area contributed by atoms with Gasteiger partial charge in [0.15, 0.2) is 0 Å². The SMILES string of the molecule is CC(C)c1ccc(-c2nc(-c3cccnc3N)no2)cc1. The van der Waals surface area contributed by atoms with E-state index in [1.807, 2.05) is 18.2 Å². The van der Waals surface area contributed by atoms with Crippen LogP contribution in [0.1, 0.15) is 25.3 Å². The molecule has 2 heterocycles. The van der Waals surface area contributed by atoms with E-state index in [2.05, 4.69) is 41.1 Å². The second-order valence-corrected chi connectivity index (χ2v) is 5.14. The summed E-state index contributed by atoms with van der Waals surface area (Å²) in [5.41, 5.74) is 8.66. The van der Waals surface area contributed by atoms with Gasteiger partial charge >= 0.3 is 0 Å². The highest BCUT2D eigenvalue weighted by Gasteiger charge is 2.13. The quantitative estimate of drug-likeness (QED) is 0.794. The number of nitrogen functional groups attached to an aromatic ring is 1. The first-order valence-electron chi connectivity index (χ1n) is 6.80. The summed E-state index contributed by atoms with van der Waals surface area (Å²) in [5.74, 6) is 1.81. The molecule has 0 amide bonds. The van der Waals surface area contributed by atoms with Crippen LogP contribution in [-0.2, 0) is 0 Å². The Balaban J connectivity index is 1.93. The maximum Gasteiger partial charge on any atom is 0.258 e. The van der Waals surface area contributed by atoms with Gasteiger partial charge in [0, 0.05) is 11.8 Å². The Labute approximate surface area is 122 Å². The van der Waals surface area contributed by atoms with Crippen molar-refractivity contribution in [1.82, 2.24) is 15.1 Å². The van der Waals surface area contributed by atoms with Gasteiger partial charge in [-0.1, -0.05) is 31.1 Å². The van der Waals surface area contributed by atoms with E-state index in [4.69, 9.17) is 10.3 Å². The number of benzene rings is 1. The van der Waals surface area contributed by atoms with Gasteiger partial charge in [0.05, 0.1) is 5.56 Å². The standard InChI is InChI=1S/C16H16N4O/c1-10(2)11-5-7-12(8-6-11)16-19-15(20-21-16)13-4-3-9-18-14(13)17/h3-10H,1-2H3,(H2,17,18). The molecule has 0 unspecified atom stereocenters. The predicted molar refractivity (Wildman–Crippen MR) is 81.5 cm³/mol. The zero-order valence-electron chi connectivity index (χ0n) is 11.9. The first kappa shape index (κ1) is 13.3. The van der Waals surface area contributed by atoms with Crippen LogP contribution in [0.25, 0.3) is 22.8 Å². The molecule has 0 saturated heterocycles. The summed E-state index contributed by atoms with van der Waals surface area (Å²) in [7, 11) is 0. The number of nitrogens with zero attached hydrogens (tertiary/aromatic N) is 3. The molecule has 106 valence electrons. The smallest absolute Gasteiger partial charge is 0.258 e. The topological polar surface area (TPSA) is 77.8 Å². The molecule has 2 aromatic heterocycles. The van der Waals surface area contributed by atoms with E-state index in [1.54, 1.807) is 12.3 Å². The van der Waals surface area contributed by atoms with Gasteiger partial charge < -0.3 is 10.3 Å². The van der Waals surface area contributed by atoms with E-state index in [1.165, 1.54) is 5.56 Å². The molecule has 0 aliphatic heterocycles. The lowest BCUT2D eigenvalue weighted by molar-refractivity contribution is 0.432. The monoisotopic (exact) mass is 280 g/mol. The molecular weight excluding hydrogens is 264 g/mol. The highest BCUT2D eigenvalue weighted by molar-refractivity contribution is 5.68. The van der Waals surface area contributed by atoms with Crippen molar-refractivity contribution < 1.29 is 4.52 Å².